The van der Waals surface area contributed by atoms with Crippen LogP contribution in [0.2, 0.25) is 0 Å². The van der Waals surface area contributed by atoms with E-state index in [-0.39, 0.29) is 17.8 Å². The standard InChI is InChI=1S/C29H33F3N2O9/c1-16-22(43-26(2,3)40-16)20-12-19(41-27(4,5)42-20)18-14-37-24(34-18)23(21-13-33-15-38-21)39-25(35)28(36-6,29(30,31)32)17-10-8-7-9-11-17/h7-11,13-16,19-20,22-23H,12H2,1-6H3/t16-,19+,20-,22+,23+,28-/m1/s1. The minimum atomic E-state index is -5.19. The van der Waals surface area contributed by atoms with E-state index in [2.05, 4.69) is 9.97 Å². The minimum Gasteiger partial charge on any atom is -0.445 e. The first-order chi connectivity index (χ1) is 20.2. The highest BCUT2D eigenvalue weighted by Gasteiger charge is 2.64. The predicted molar refractivity (Wildman–Crippen MR) is 139 cm³/mol. The normalized spacial score (nSPS) is 27.4. The maximum Gasteiger partial charge on any atom is 0.432 e. The number of esters is 1. The number of halogens is 3. The minimum absolute atomic E-state index is 0.124. The second kappa shape index (κ2) is 11.3. The molecule has 2 aliphatic heterocycles. The number of nitrogens with zero attached hydrogens (tertiary/aromatic N) is 2. The molecule has 0 radical (unpaired) electrons. The fraction of sp³-hybridized carbons (Fsp3) is 0.552. The number of carbonyl (C=O) groups excluding carboxylic acids is 1. The molecule has 0 bridgehead atoms. The molecule has 2 aliphatic rings. The Morgan fingerprint density at radius 1 is 1.02 bits per heavy atom. The zero-order chi connectivity index (χ0) is 31.2. The van der Waals surface area contributed by atoms with Crippen LogP contribution in [0.3, 0.4) is 0 Å². The lowest BCUT2D eigenvalue weighted by molar-refractivity contribution is -0.319. The van der Waals surface area contributed by atoms with E-state index in [0.717, 1.165) is 25.6 Å². The number of aromatic nitrogens is 2. The van der Waals surface area contributed by atoms with E-state index in [1.165, 1.54) is 30.7 Å². The summed E-state index contributed by atoms with van der Waals surface area (Å²) in [4.78, 5) is 21.7. The summed E-state index contributed by atoms with van der Waals surface area (Å²) in [5, 5.41) is 0. The topological polar surface area (TPSA) is 125 Å². The van der Waals surface area contributed by atoms with Crippen molar-refractivity contribution in [3.63, 3.8) is 0 Å². The molecule has 11 nitrogen and oxygen atoms in total. The molecule has 14 heteroatoms. The van der Waals surface area contributed by atoms with E-state index in [9.17, 15) is 18.0 Å². The fourth-order valence-corrected chi connectivity index (χ4v) is 5.50. The van der Waals surface area contributed by atoms with Crippen molar-refractivity contribution in [2.45, 2.75) is 94.9 Å². The predicted octanol–water partition coefficient (Wildman–Crippen LogP) is 5.52. The van der Waals surface area contributed by atoms with Crippen LogP contribution in [-0.2, 0) is 38.8 Å². The molecule has 1 aromatic carbocycles. The zero-order valence-corrected chi connectivity index (χ0v) is 24.4. The number of ether oxygens (including phenoxy) is 6. The lowest BCUT2D eigenvalue weighted by Gasteiger charge is -2.42. The van der Waals surface area contributed by atoms with Crippen LogP contribution < -0.4 is 0 Å². The van der Waals surface area contributed by atoms with Crippen LogP contribution in [0.5, 0.6) is 0 Å². The van der Waals surface area contributed by atoms with Crippen LogP contribution in [0.25, 0.3) is 0 Å². The molecule has 3 aromatic rings. The van der Waals surface area contributed by atoms with E-state index in [0.29, 0.717) is 12.1 Å². The Morgan fingerprint density at radius 2 is 1.72 bits per heavy atom. The van der Waals surface area contributed by atoms with Gasteiger partial charge in [0.1, 0.15) is 24.2 Å². The van der Waals surface area contributed by atoms with Crippen molar-refractivity contribution >= 4 is 5.97 Å². The molecular formula is C29H33F3N2O9. The Labute approximate surface area is 245 Å². The van der Waals surface area contributed by atoms with Gasteiger partial charge in [0.15, 0.2) is 23.7 Å². The first-order valence-corrected chi connectivity index (χ1v) is 13.6. The molecule has 2 aromatic heterocycles. The number of rotatable bonds is 8. The van der Waals surface area contributed by atoms with E-state index in [1.54, 1.807) is 13.8 Å². The van der Waals surface area contributed by atoms with Gasteiger partial charge in [0, 0.05) is 19.1 Å². The van der Waals surface area contributed by atoms with Crippen molar-refractivity contribution in [1.29, 1.82) is 0 Å². The number of oxazole rings is 2. The summed E-state index contributed by atoms with van der Waals surface area (Å²) < 4.78 is 89.1. The fourth-order valence-electron chi connectivity index (χ4n) is 5.50. The van der Waals surface area contributed by atoms with Crippen LogP contribution >= 0.6 is 0 Å². The van der Waals surface area contributed by atoms with Gasteiger partial charge in [0.05, 0.1) is 18.4 Å². The third-order valence-corrected chi connectivity index (χ3v) is 7.23. The highest BCUT2D eigenvalue weighted by atomic mass is 19.4. The molecule has 5 rings (SSSR count). The quantitative estimate of drug-likeness (QED) is 0.299. The van der Waals surface area contributed by atoms with Gasteiger partial charge in [0.25, 0.3) is 5.60 Å². The first-order valence-electron chi connectivity index (χ1n) is 13.6. The van der Waals surface area contributed by atoms with Crippen LogP contribution in [0.4, 0.5) is 13.2 Å². The van der Waals surface area contributed by atoms with E-state index < -0.39 is 59.3 Å². The third-order valence-electron chi connectivity index (χ3n) is 7.23. The van der Waals surface area contributed by atoms with Gasteiger partial charge in [-0.2, -0.15) is 13.2 Å². The number of alkyl halides is 3. The van der Waals surface area contributed by atoms with Crippen molar-refractivity contribution in [3.8, 4) is 0 Å². The zero-order valence-electron chi connectivity index (χ0n) is 24.4. The van der Waals surface area contributed by atoms with Crippen molar-refractivity contribution in [2.24, 2.45) is 0 Å². The molecule has 234 valence electrons. The average Bonchev–Trinajstić information content (AvgIpc) is 3.67. The van der Waals surface area contributed by atoms with Gasteiger partial charge in [-0.05, 0) is 34.6 Å². The summed E-state index contributed by atoms with van der Waals surface area (Å²) in [6.45, 7) is 9.00. The Bertz CT molecular complexity index is 1390. The second-order valence-corrected chi connectivity index (χ2v) is 11.3. The lowest BCUT2D eigenvalue weighted by Crippen LogP contribution is -2.52. The second-order valence-electron chi connectivity index (χ2n) is 11.3. The van der Waals surface area contributed by atoms with Crippen LogP contribution in [-0.4, -0.2) is 59.1 Å². The molecule has 0 aliphatic carbocycles. The number of methoxy groups -OCH3 is 1. The van der Waals surface area contributed by atoms with Gasteiger partial charge in [0.2, 0.25) is 12.0 Å². The molecule has 2 saturated heterocycles. The molecular weight excluding hydrogens is 577 g/mol. The number of hydrogen-bond acceptors (Lipinski definition) is 11. The van der Waals surface area contributed by atoms with Crippen LogP contribution in [0.15, 0.2) is 58.0 Å². The Kier molecular flexibility index (Phi) is 8.20. The maximum absolute atomic E-state index is 14.5. The Balaban J connectivity index is 1.44. The van der Waals surface area contributed by atoms with Gasteiger partial charge in [-0.3, -0.25) is 0 Å². The number of carbonyl (C=O) groups is 1. The highest BCUT2D eigenvalue weighted by Crippen LogP contribution is 2.45. The van der Waals surface area contributed by atoms with Gasteiger partial charge >= 0.3 is 12.1 Å². The van der Waals surface area contributed by atoms with Crippen molar-refractivity contribution in [2.75, 3.05) is 7.11 Å². The summed E-state index contributed by atoms with van der Waals surface area (Å²) in [6.07, 6.45) is -4.84. The summed E-state index contributed by atoms with van der Waals surface area (Å²) in [5.41, 5.74) is -3.63. The molecule has 0 N–H and O–H groups in total. The highest BCUT2D eigenvalue weighted by molar-refractivity contribution is 5.83. The Hall–Kier alpha value is -3.30. The van der Waals surface area contributed by atoms with E-state index in [1.807, 2.05) is 20.8 Å². The summed E-state index contributed by atoms with van der Waals surface area (Å²) in [6, 6.07) is 6.45. The molecule has 2 fully saturated rings. The summed E-state index contributed by atoms with van der Waals surface area (Å²) in [7, 11) is 0.774. The van der Waals surface area contributed by atoms with Gasteiger partial charge in [-0.25, -0.2) is 14.8 Å². The average molecular weight is 611 g/mol. The molecule has 0 spiro atoms. The third kappa shape index (κ3) is 6.07. The monoisotopic (exact) mass is 610 g/mol. The van der Waals surface area contributed by atoms with E-state index in [4.69, 9.17) is 37.3 Å². The summed E-state index contributed by atoms with van der Waals surface area (Å²) in [5.74, 6) is -4.00. The van der Waals surface area contributed by atoms with Gasteiger partial charge in [-0.15, -0.1) is 0 Å². The molecule has 43 heavy (non-hydrogen) atoms. The van der Waals surface area contributed by atoms with Crippen LogP contribution in [0.1, 0.15) is 76.2 Å². The smallest absolute Gasteiger partial charge is 0.432 e. The molecule has 0 unspecified atom stereocenters. The molecule has 0 saturated carbocycles. The summed E-state index contributed by atoms with van der Waals surface area (Å²) >= 11 is 0. The van der Waals surface area contributed by atoms with Gasteiger partial charge in [-0.1, -0.05) is 30.3 Å². The van der Waals surface area contributed by atoms with Crippen molar-refractivity contribution < 1.29 is 55.2 Å². The number of benzene rings is 1. The van der Waals surface area contributed by atoms with Gasteiger partial charge < -0.3 is 37.3 Å². The Morgan fingerprint density at radius 3 is 2.30 bits per heavy atom. The SMILES string of the molecule is CO[C@@](C(=O)O[C@@H](c1cnco1)c1nc([C@@H]2C[C@H]([C@H]3OC(C)(C)O[C@@H]3C)OC(C)(C)O2)co1)(c1ccccc1)C(F)(F)F. The molecule has 6 atom stereocenters. The largest absolute Gasteiger partial charge is 0.445 e. The van der Waals surface area contributed by atoms with Crippen LogP contribution in [0, 0.1) is 0 Å². The van der Waals surface area contributed by atoms with E-state index >= 15 is 0 Å². The first kappa shape index (κ1) is 31.1. The molecule has 4 heterocycles. The maximum atomic E-state index is 14.5. The van der Waals surface area contributed by atoms with Crippen molar-refractivity contribution in [1.82, 2.24) is 9.97 Å². The van der Waals surface area contributed by atoms with Crippen molar-refractivity contribution in [3.05, 3.63) is 72.1 Å². The molecule has 0 amide bonds. The number of hydrogen-bond donors (Lipinski definition) is 0. The lowest BCUT2D eigenvalue weighted by atomic mass is 9.92.